The van der Waals surface area contributed by atoms with Crippen LogP contribution in [-0.2, 0) is 16.1 Å². The number of carbonyl (C=O) groups is 1. The molecule has 0 bridgehead atoms. The number of rotatable bonds is 9. The molecule has 11 nitrogen and oxygen atoms in total. The van der Waals surface area contributed by atoms with Crippen LogP contribution in [0, 0.1) is 10.1 Å². The van der Waals surface area contributed by atoms with E-state index in [-0.39, 0.29) is 18.1 Å². The number of morpholine rings is 1. The third kappa shape index (κ3) is 5.94. The molecule has 11 heteroatoms. The second kappa shape index (κ2) is 10.9. The van der Waals surface area contributed by atoms with Crippen LogP contribution in [0.15, 0.2) is 53.1 Å². The summed E-state index contributed by atoms with van der Waals surface area (Å²) in [7, 11) is 0. The number of non-ortho nitro benzene ring substituents is 1. The molecule has 1 amide bonds. The third-order valence-electron chi connectivity index (χ3n) is 5.50. The minimum absolute atomic E-state index is 0.00799. The van der Waals surface area contributed by atoms with E-state index in [0.717, 1.165) is 37.7 Å². The number of nitro groups is 1. The highest BCUT2D eigenvalue weighted by molar-refractivity contribution is 5.92. The molecule has 1 aromatic heterocycles. The molecule has 0 spiro atoms. The molecule has 0 unspecified atom stereocenters. The van der Waals surface area contributed by atoms with E-state index in [1.807, 2.05) is 36.1 Å². The van der Waals surface area contributed by atoms with Gasteiger partial charge in [-0.2, -0.15) is 4.98 Å². The fourth-order valence-corrected chi connectivity index (χ4v) is 3.62. The van der Waals surface area contributed by atoms with Gasteiger partial charge in [-0.1, -0.05) is 12.1 Å². The number of amides is 1. The Morgan fingerprint density at radius 3 is 2.50 bits per heavy atom. The second-order valence-corrected chi connectivity index (χ2v) is 7.81. The third-order valence-corrected chi connectivity index (χ3v) is 5.50. The van der Waals surface area contributed by atoms with Gasteiger partial charge < -0.3 is 19.5 Å². The van der Waals surface area contributed by atoms with Crippen LogP contribution in [0.4, 0.5) is 17.1 Å². The van der Waals surface area contributed by atoms with Crippen LogP contribution in [0.5, 0.6) is 0 Å². The Kier molecular flexibility index (Phi) is 7.45. The maximum atomic E-state index is 12.6. The SMILES string of the molecule is CCN(CC(=O)Nc1ccc(N2CCOCC2)cc1)Cc1nc(-c2ccc([N+](=O)[O-])cc2)no1. The normalized spacial score (nSPS) is 13.8. The number of nitrogens with zero attached hydrogens (tertiary/aromatic N) is 5. The number of hydrogen-bond donors (Lipinski definition) is 1. The minimum atomic E-state index is -0.464. The van der Waals surface area contributed by atoms with Crippen LogP contribution >= 0.6 is 0 Å². The molecule has 34 heavy (non-hydrogen) atoms. The average molecular weight is 466 g/mol. The number of hydrogen-bond acceptors (Lipinski definition) is 9. The predicted molar refractivity (Wildman–Crippen MR) is 125 cm³/mol. The van der Waals surface area contributed by atoms with Crippen molar-refractivity contribution in [2.45, 2.75) is 13.5 Å². The van der Waals surface area contributed by atoms with Crippen molar-refractivity contribution in [1.29, 1.82) is 0 Å². The number of carbonyl (C=O) groups excluding carboxylic acids is 1. The first-order chi connectivity index (χ1) is 16.5. The van der Waals surface area contributed by atoms with Crippen molar-refractivity contribution in [2.75, 3.05) is 49.6 Å². The molecular formula is C23H26N6O5. The summed E-state index contributed by atoms with van der Waals surface area (Å²) in [6.07, 6.45) is 0. The number of likely N-dealkylation sites (N-methyl/N-ethyl adjacent to an activating group) is 1. The number of nitrogens with one attached hydrogen (secondary N) is 1. The molecule has 2 aromatic carbocycles. The lowest BCUT2D eigenvalue weighted by Crippen LogP contribution is -2.36. The number of ether oxygens (including phenoxy) is 1. The number of nitro benzene ring substituents is 1. The summed E-state index contributed by atoms with van der Waals surface area (Å²) in [5.74, 6) is 0.555. The molecule has 0 atom stereocenters. The van der Waals surface area contributed by atoms with E-state index in [2.05, 4.69) is 20.4 Å². The molecule has 178 valence electrons. The lowest BCUT2D eigenvalue weighted by atomic mass is 10.2. The fraction of sp³-hybridized carbons (Fsp3) is 0.348. The Hall–Kier alpha value is -3.83. The van der Waals surface area contributed by atoms with Crippen LogP contribution < -0.4 is 10.2 Å². The van der Waals surface area contributed by atoms with Crippen molar-refractivity contribution in [2.24, 2.45) is 0 Å². The second-order valence-electron chi connectivity index (χ2n) is 7.81. The molecule has 0 saturated carbocycles. The molecule has 4 rings (SSSR count). The summed E-state index contributed by atoms with van der Waals surface area (Å²) in [6.45, 7) is 6.19. The Morgan fingerprint density at radius 2 is 1.85 bits per heavy atom. The standard InChI is InChI=1S/C23H26N6O5/c1-2-27(16-22-25-23(26-34-22)17-3-7-20(8-4-17)29(31)32)15-21(30)24-18-5-9-19(10-6-18)28-11-13-33-14-12-28/h3-10H,2,11-16H2,1H3,(H,24,30). The highest BCUT2D eigenvalue weighted by Crippen LogP contribution is 2.21. The average Bonchev–Trinajstić information content (AvgIpc) is 3.33. The molecule has 1 fully saturated rings. The fourth-order valence-electron chi connectivity index (χ4n) is 3.62. The minimum Gasteiger partial charge on any atom is -0.378 e. The number of anilines is 2. The lowest BCUT2D eigenvalue weighted by Gasteiger charge is -2.28. The lowest BCUT2D eigenvalue weighted by molar-refractivity contribution is -0.384. The van der Waals surface area contributed by atoms with Crippen molar-refractivity contribution < 1.29 is 19.0 Å². The maximum Gasteiger partial charge on any atom is 0.269 e. The summed E-state index contributed by atoms with van der Waals surface area (Å²) in [6, 6.07) is 13.7. The zero-order chi connectivity index (χ0) is 23.9. The Bertz CT molecular complexity index is 1110. The molecule has 1 aliphatic rings. The number of aromatic nitrogens is 2. The van der Waals surface area contributed by atoms with Crippen molar-refractivity contribution in [3.63, 3.8) is 0 Å². The zero-order valence-corrected chi connectivity index (χ0v) is 18.8. The molecule has 2 heterocycles. The van der Waals surface area contributed by atoms with Crippen LogP contribution in [-0.4, -0.2) is 65.3 Å². The highest BCUT2D eigenvalue weighted by atomic mass is 16.6. The van der Waals surface area contributed by atoms with Gasteiger partial charge in [0.1, 0.15) is 0 Å². The van der Waals surface area contributed by atoms with Gasteiger partial charge in [0.05, 0.1) is 31.2 Å². The Morgan fingerprint density at radius 1 is 1.15 bits per heavy atom. The Labute approximate surface area is 196 Å². The summed E-state index contributed by atoms with van der Waals surface area (Å²) in [4.78, 5) is 31.4. The smallest absolute Gasteiger partial charge is 0.269 e. The topological polar surface area (TPSA) is 127 Å². The van der Waals surface area contributed by atoms with Crippen LogP contribution in [0.3, 0.4) is 0 Å². The van der Waals surface area contributed by atoms with Gasteiger partial charge in [-0.05, 0) is 42.9 Å². The van der Waals surface area contributed by atoms with E-state index < -0.39 is 4.92 Å². The largest absolute Gasteiger partial charge is 0.378 e. The van der Waals surface area contributed by atoms with Crippen molar-refractivity contribution in [3.8, 4) is 11.4 Å². The maximum absolute atomic E-state index is 12.6. The van der Waals surface area contributed by atoms with Gasteiger partial charge in [0.15, 0.2) is 0 Å². The van der Waals surface area contributed by atoms with Gasteiger partial charge in [-0.15, -0.1) is 0 Å². The van der Waals surface area contributed by atoms with Crippen LogP contribution in [0.2, 0.25) is 0 Å². The summed E-state index contributed by atoms with van der Waals surface area (Å²) in [5.41, 5.74) is 2.45. The van der Waals surface area contributed by atoms with E-state index >= 15 is 0 Å². The van der Waals surface area contributed by atoms with Gasteiger partial charge in [0.2, 0.25) is 17.6 Å². The molecule has 1 saturated heterocycles. The molecule has 3 aromatic rings. The highest BCUT2D eigenvalue weighted by Gasteiger charge is 2.16. The first-order valence-electron chi connectivity index (χ1n) is 11.0. The Balaban J connectivity index is 1.31. The van der Waals surface area contributed by atoms with Gasteiger partial charge in [-0.25, -0.2) is 0 Å². The van der Waals surface area contributed by atoms with E-state index in [4.69, 9.17) is 9.26 Å². The molecule has 1 N–H and O–H groups in total. The monoisotopic (exact) mass is 466 g/mol. The van der Waals surface area contributed by atoms with Gasteiger partial charge in [0, 0.05) is 42.2 Å². The summed E-state index contributed by atoms with van der Waals surface area (Å²) in [5, 5.41) is 17.7. The van der Waals surface area contributed by atoms with E-state index in [9.17, 15) is 14.9 Å². The zero-order valence-electron chi connectivity index (χ0n) is 18.8. The quantitative estimate of drug-likeness (QED) is 0.374. The van der Waals surface area contributed by atoms with E-state index in [1.54, 1.807) is 12.1 Å². The van der Waals surface area contributed by atoms with Crippen molar-refractivity contribution in [1.82, 2.24) is 15.0 Å². The molecule has 0 aliphatic carbocycles. The van der Waals surface area contributed by atoms with E-state index in [0.29, 0.717) is 30.4 Å². The summed E-state index contributed by atoms with van der Waals surface area (Å²) < 4.78 is 10.7. The predicted octanol–water partition coefficient (Wildman–Crippen LogP) is 2.94. The number of benzene rings is 2. The van der Waals surface area contributed by atoms with Gasteiger partial charge >= 0.3 is 0 Å². The first kappa shape index (κ1) is 23.3. The van der Waals surface area contributed by atoms with Crippen LogP contribution in [0.1, 0.15) is 12.8 Å². The summed E-state index contributed by atoms with van der Waals surface area (Å²) >= 11 is 0. The molecular weight excluding hydrogens is 440 g/mol. The molecule has 1 aliphatic heterocycles. The van der Waals surface area contributed by atoms with Gasteiger partial charge in [-0.3, -0.25) is 19.8 Å². The van der Waals surface area contributed by atoms with Crippen LogP contribution in [0.25, 0.3) is 11.4 Å². The molecule has 0 radical (unpaired) electrons. The van der Waals surface area contributed by atoms with Crippen molar-refractivity contribution >= 4 is 23.0 Å². The first-order valence-corrected chi connectivity index (χ1v) is 11.0. The van der Waals surface area contributed by atoms with E-state index in [1.165, 1.54) is 12.1 Å². The van der Waals surface area contributed by atoms with Crippen molar-refractivity contribution in [3.05, 3.63) is 64.5 Å². The van der Waals surface area contributed by atoms with Gasteiger partial charge in [0.25, 0.3) is 5.69 Å².